The van der Waals surface area contributed by atoms with Gasteiger partial charge in [0, 0.05) is 18.0 Å². The van der Waals surface area contributed by atoms with Crippen molar-refractivity contribution in [1.82, 2.24) is 14.8 Å². The molecule has 0 atom stereocenters. The molecule has 1 N–H and O–H groups in total. The zero-order valence-electron chi connectivity index (χ0n) is 18.5. The molecule has 0 saturated carbocycles. The summed E-state index contributed by atoms with van der Waals surface area (Å²) >= 11 is 2.55. The first kappa shape index (κ1) is 22.8. The number of rotatable bonds is 7. The number of aromatic nitrogens is 3. The number of thioether (sulfide) groups is 1. The van der Waals surface area contributed by atoms with E-state index < -0.39 is 5.97 Å². The minimum atomic E-state index is -0.497. The van der Waals surface area contributed by atoms with Crippen LogP contribution < -0.4 is 5.32 Å². The fourth-order valence-electron chi connectivity index (χ4n) is 3.29. The van der Waals surface area contributed by atoms with Crippen molar-refractivity contribution in [1.29, 1.82) is 0 Å². The predicted molar refractivity (Wildman–Crippen MR) is 129 cm³/mol. The molecule has 1 aromatic carbocycles. The number of thiophene rings is 1. The summed E-state index contributed by atoms with van der Waals surface area (Å²) < 4.78 is 12.1. The molecule has 0 bridgehead atoms. The number of esters is 1. The van der Waals surface area contributed by atoms with E-state index in [2.05, 4.69) is 15.5 Å². The minimum absolute atomic E-state index is 0.106. The molecule has 0 fully saturated rings. The van der Waals surface area contributed by atoms with E-state index in [-0.39, 0.29) is 11.7 Å². The van der Waals surface area contributed by atoms with Crippen LogP contribution in [0.5, 0.6) is 0 Å². The number of anilines is 1. The third-order valence-electron chi connectivity index (χ3n) is 5.06. The molecule has 0 aliphatic carbocycles. The standard InChI is InChI=1S/C23H22N4O4S2/c1-13-5-7-15(8-6-13)17-11-32-21(19(17)22(29)30-4)24-18(28)12-33-23-26-25-20(27(23)3)16-9-10-31-14(16)2/h5-11H,12H2,1-4H3,(H,24,28). The van der Waals surface area contributed by atoms with E-state index >= 15 is 0 Å². The van der Waals surface area contributed by atoms with Crippen LogP contribution in [0.15, 0.2) is 51.5 Å². The van der Waals surface area contributed by atoms with Gasteiger partial charge in [-0.3, -0.25) is 4.79 Å². The number of carbonyl (C=O) groups excluding carboxylic acids is 2. The Kier molecular flexibility index (Phi) is 6.66. The van der Waals surface area contributed by atoms with E-state index in [0.29, 0.717) is 21.5 Å². The molecule has 8 nitrogen and oxygen atoms in total. The van der Waals surface area contributed by atoms with Crippen molar-refractivity contribution in [3.05, 3.63) is 58.9 Å². The van der Waals surface area contributed by atoms with Gasteiger partial charge in [-0.25, -0.2) is 4.79 Å². The topological polar surface area (TPSA) is 99.2 Å². The average Bonchev–Trinajstić information content (AvgIpc) is 3.51. The highest BCUT2D eigenvalue weighted by atomic mass is 32.2. The van der Waals surface area contributed by atoms with Gasteiger partial charge in [-0.15, -0.1) is 21.5 Å². The number of amides is 1. The van der Waals surface area contributed by atoms with E-state index in [1.54, 1.807) is 6.26 Å². The molecule has 3 heterocycles. The van der Waals surface area contributed by atoms with Crippen LogP contribution in [0.1, 0.15) is 21.7 Å². The third kappa shape index (κ3) is 4.71. The fraction of sp³-hybridized carbons (Fsp3) is 0.217. The summed E-state index contributed by atoms with van der Waals surface area (Å²) in [7, 11) is 3.16. The molecule has 0 radical (unpaired) electrons. The lowest BCUT2D eigenvalue weighted by Crippen LogP contribution is -2.16. The first-order chi connectivity index (χ1) is 15.9. The van der Waals surface area contributed by atoms with Crippen LogP contribution >= 0.6 is 23.1 Å². The summed E-state index contributed by atoms with van der Waals surface area (Å²) in [4.78, 5) is 25.2. The summed E-state index contributed by atoms with van der Waals surface area (Å²) in [6, 6.07) is 9.67. The van der Waals surface area contributed by atoms with Gasteiger partial charge < -0.3 is 19.0 Å². The summed E-state index contributed by atoms with van der Waals surface area (Å²) in [6.45, 7) is 3.85. The van der Waals surface area contributed by atoms with Gasteiger partial charge in [-0.1, -0.05) is 41.6 Å². The van der Waals surface area contributed by atoms with Crippen LogP contribution in [0.4, 0.5) is 5.00 Å². The molecule has 1 amide bonds. The molecule has 33 heavy (non-hydrogen) atoms. The van der Waals surface area contributed by atoms with Gasteiger partial charge >= 0.3 is 5.97 Å². The molecule has 0 spiro atoms. The highest BCUT2D eigenvalue weighted by Gasteiger charge is 2.23. The van der Waals surface area contributed by atoms with Gasteiger partial charge in [0.15, 0.2) is 11.0 Å². The van der Waals surface area contributed by atoms with Crippen molar-refractivity contribution in [2.75, 3.05) is 18.2 Å². The van der Waals surface area contributed by atoms with E-state index in [9.17, 15) is 9.59 Å². The van der Waals surface area contributed by atoms with Crippen LogP contribution in [-0.2, 0) is 16.6 Å². The number of ether oxygens (including phenoxy) is 1. The van der Waals surface area contributed by atoms with Crippen molar-refractivity contribution in [2.24, 2.45) is 7.05 Å². The van der Waals surface area contributed by atoms with Crippen molar-refractivity contribution < 1.29 is 18.7 Å². The predicted octanol–water partition coefficient (Wildman–Crippen LogP) is 4.94. The van der Waals surface area contributed by atoms with E-state index in [4.69, 9.17) is 9.15 Å². The number of carbonyl (C=O) groups is 2. The van der Waals surface area contributed by atoms with E-state index in [1.165, 1.54) is 30.2 Å². The SMILES string of the molecule is COC(=O)c1c(-c2ccc(C)cc2)csc1NC(=O)CSc1nnc(-c2ccoc2C)n1C. The smallest absolute Gasteiger partial charge is 0.341 e. The maximum absolute atomic E-state index is 12.7. The summed E-state index contributed by atoms with van der Waals surface area (Å²) in [5.41, 5.74) is 3.93. The van der Waals surface area contributed by atoms with Crippen LogP contribution in [0.2, 0.25) is 0 Å². The van der Waals surface area contributed by atoms with Gasteiger partial charge in [-0.2, -0.15) is 0 Å². The zero-order valence-corrected chi connectivity index (χ0v) is 20.2. The number of benzene rings is 1. The van der Waals surface area contributed by atoms with Crippen molar-refractivity contribution in [3.8, 4) is 22.5 Å². The molecule has 3 aromatic heterocycles. The summed E-state index contributed by atoms with van der Waals surface area (Å²) in [6.07, 6.45) is 1.60. The monoisotopic (exact) mass is 482 g/mol. The number of methoxy groups -OCH3 is 1. The lowest BCUT2D eigenvalue weighted by atomic mass is 10.0. The Morgan fingerprint density at radius 2 is 1.91 bits per heavy atom. The largest absolute Gasteiger partial charge is 0.469 e. The maximum Gasteiger partial charge on any atom is 0.341 e. The second-order valence-corrected chi connectivity index (χ2v) is 9.13. The molecule has 0 aliphatic heterocycles. The summed E-state index contributed by atoms with van der Waals surface area (Å²) in [5, 5.41) is 14.1. The first-order valence-electron chi connectivity index (χ1n) is 10.0. The Bertz CT molecular complexity index is 1300. The van der Waals surface area contributed by atoms with Crippen LogP contribution in [0.3, 0.4) is 0 Å². The number of aryl methyl sites for hydroxylation is 2. The molecular formula is C23H22N4O4S2. The number of hydrogen-bond donors (Lipinski definition) is 1. The first-order valence-corrected chi connectivity index (χ1v) is 11.9. The molecule has 10 heteroatoms. The normalized spacial score (nSPS) is 10.9. The quantitative estimate of drug-likeness (QED) is 0.294. The maximum atomic E-state index is 12.7. The Morgan fingerprint density at radius 3 is 2.58 bits per heavy atom. The highest BCUT2D eigenvalue weighted by molar-refractivity contribution is 7.99. The highest BCUT2D eigenvalue weighted by Crippen LogP contribution is 2.36. The number of hydrogen-bond acceptors (Lipinski definition) is 8. The average molecular weight is 483 g/mol. The molecule has 4 aromatic rings. The molecule has 0 unspecified atom stereocenters. The van der Waals surface area contributed by atoms with Gasteiger partial charge in [0.25, 0.3) is 0 Å². The Hall–Kier alpha value is -3.37. The lowest BCUT2D eigenvalue weighted by molar-refractivity contribution is -0.113. The lowest BCUT2D eigenvalue weighted by Gasteiger charge is -2.08. The zero-order chi connectivity index (χ0) is 23.5. The van der Waals surface area contributed by atoms with Crippen molar-refractivity contribution in [3.63, 3.8) is 0 Å². The Morgan fingerprint density at radius 1 is 1.15 bits per heavy atom. The Labute approximate surface area is 199 Å². The second-order valence-electron chi connectivity index (χ2n) is 7.30. The third-order valence-corrected chi connectivity index (χ3v) is 6.98. The summed E-state index contributed by atoms with van der Waals surface area (Å²) in [5.74, 6) is 0.763. The number of furan rings is 1. The molecule has 0 aliphatic rings. The van der Waals surface area contributed by atoms with E-state index in [1.807, 2.05) is 61.2 Å². The number of nitrogens with one attached hydrogen (secondary N) is 1. The molecule has 0 saturated heterocycles. The molecule has 170 valence electrons. The van der Waals surface area contributed by atoms with E-state index in [0.717, 1.165) is 28.0 Å². The fourth-order valence-corrected chi connectivity index (χ4v) is 4.97. The molecular weight excluding hydrogens is 460 g/mol. The van der Waals surface area contributed by atoms with Gasteiger partial charge in [0.2, 0.25) is 5.91 Å². The van der Waals surface area contributed by atoms with Gasteiger partial charge in [-0.05, 0) is 25.5 Å². The second kappa shape index (κ2) is 9.63. The number of nitrogens with zero attached hydrogens (tertiary/aromatic N) is 3. The van der Waals surface area contributed by atoms with Crippen molar-refractivity contribution >= 4 is 40.0 Å². The van der Waals surface area contributed by atoms with Gasteiger partial charge in [0.05, 0.1) is 24.7 Å². The minimum Gasteiger partial charge on any atom is -0.469 e. The van der Waals surface area contributed by atoms with Crippen molar-refractivity contribution in [2.45, 2.75) is 19.0 Å². The van der Waals surface area contributed by atoms with Gasteiger partial charge in [0.1, 0.15) is 16.3 Å². The molecule has 4 rings (SSSR count). The van der Waals surface area contributed by atoms with Crippen LogP contribution in [0, 0.1) is 13.8 Å². The van der Waals surface area contributed by atoms with Crippen LogP contribution in [-0.4, -0.2) is 39.5 Å². The van der Waals surface area contributed by atoms with Crippen LogP contribution in [0.25, 0.3) is 22.5 Å². The Balaban J connectivity index is 1.49.